The summed E-state index contributed by atoms with van der Waals surface area (Å²) in [6, 6.07) is 0. The Hall–Kier alpha value is -3.93. The third kappa shape index (κ3) is 51.1. The van der Waals surface area contributed by atoms with E-state index < -0.39 is 6.10 Å². The fourth-order valence-electron chi connectivity index (χ4n) is 7.05. The van der Waals surface area contributed by atoms with E-state index in [9.17, 15) is 14.4 Å². The van der Waals surface area contributed by atoms with Crippen LogP contribution in [0.25, 0.3) is 0 Å². The lowest BCUT2D eigenvalue weighted by Gasteiger charge is -2.18. The second-order valence-corrected chi connectivity index (χ2v) is 17.4. The van der Waals surface area contributed by atoms with Gasteiger partial charge in [0.2, 0.25) is 0 Å². The van der Waals surface area contributed by atoms with Crippen LogP contribution in [0.3, 0.4) is 0 Å². The van der Waals surface area contributed by atoms with Crippen LogP contribution in [0.5, 0.6) is 0 Å². The van der Waals surface area contributed by atoms with Gasteiger partial charge in [0.15, 0.2) is 6.10 Å². The summed E-state index contributed by atoms with van der Waals surface area (Å²) in [7, 11) is 0. The monoisotopic (exact) mass is 915 g/mol. The Bertz CT molecular complexity index is 1370. The van der Waals surface area contributed by atoms with Crippen LogP contribution < -0.4 is 0 Å². The standard InChI is InChI=1S/C60H98O6/c1-4-7-10-13-16-19-22-25-27-29-30-32-33-35-38-41-44-47-50-53-59(62)65-56-57(55-64-58(61)52-49-46-43-40-37-24-21-18-15-12-9-6-3)66-60(63)54-51-48-45-42-39-36-34-31-28-26-23-20-17-14-11-8-5-2/h7-8,10-11,16-17,19-20,25-28,30,32,34-36,38,57H,4-6,9,12-15,18,21-24,29,31,33,37,39-56H2,1-3H3/b10-7-,11-8-,19-16-,20-17-,27-25-,28-26-,32-30-,36-34-,38-35-. The van der Waals surface area contributed by atoms with Crippen LogP contribution in [0.1, 0.15) is 233 Å². The molecule has 0 aliphatic heterocycles. The summed E-state index contributed by atoms with van der Waals surface area (Å²) in [5, 5.41) is 0. The van der Waals surface area contributed by atoms with Gasteiger partial charge in [0, 0.05) is 19.3 Å². The van der Waals surface area contributed by atoms with Crippen LogP contribution >= 0.6 is 0 Å². The van der Waals surface area contributed by atoms with Gasteiger partial charge in [-0.25, -0.2) is 0 Å². The van der Waals surface area contributed by atoms with Crippen molar-refractivity contribution in [2.75, 3.05) is 13.2 Å². The van der Waals surface area contributed by atoms with Crippen molar-refractivity contribution in [3.8, 4) is 0 Å². The minimum Gasteiger partial charge on any atom is -0.462 e. The molecule has 0 saturated heterocycles. The van der Waals surface area contributed by atoms with E-state index in [-0.39, 0.29) is 31.1 Å². The summed E-state index contributed by atoms with van der Waals surface area (Å²) in [5.74, 6) is -0.959. The van der Waals surface area contributed by atoms with Crippen molar-refractivity contribution in [2.45, 2.75) is 239 Å². The van der Waals surface area contributed by atoms with Crippen LogP contribution in [-0.2, 0) is 28.6 Å². The third-order valence-electron chi connectivity index (χ3n) is 11.0. The van der Waals surface area contributed by atoms with E-state index >= 15 is 0 Å². The molecule has 66 heavy (non-hydrogen) atoms. The van der Waals surface area contributed by atoms with Gasteiger partial charge in [-0.1, -0.05) is 220 Å². The van der Waals surface area contributed by atoms with Gasteiger partial charge in [0.1, 0.15) is 13.2 Å². The highest BCUT2D eigenvalue weighted by Crippen LogP contribution is 2.14. The van der Waals surface area contributed by atoms with Crippen molar-refractivity contribution in [3.05, 3.63) is 109 Å². The number of hydrogen-bond donors (Lipinski definition) is 0. The first-order valence-electron chi connectivity index (χ1n) is 26.9. The fraction of sp³-hybridized carbons (Fsp3) is 0.650. The average molecular weight is 915 g/mol. The molecule has 0 bridgehead atoms. The Morgan fingerprint density at radius 1 is 0.318 bits per heavy atom. The molecule has 0 radical (unpaired) electrons. The summed E-state index contributed by atoms with van der Waals surface area (Å²) in [6.07, 6.45) is 72.1. The first-order valence-corrected chi connectivity index (χ1v) is 26.9. The van der Waals surface area contributed by atoms with E-state index in [0.29, 0.717) is 19.3 Å². The topological polar surface area (TPSA) is 78.9 Å². The normalized spacial score (nSPS) is 13.0. The summed E-state index contributed by atoms with van der Waals surface area (Å²) in [6.45, 7) is 6.35. The minimum absolute atomic E-state index is 0.0990. The van der Waals surface area contributed by atoms with Crippen molar-refractivity contribution in [1.29, 1.82) is 0 Å². The van der Waals surface area contributed by atoms with Gasteiger partial charge in [-0.3, -0.25) is 14.4 Å². The molecule has 0 aromatic heterocycles. The van der Waals surface area contributed by atoms with Gasteiger partial charge < -0.3 is 14.2 Å². The maximum absolute atomic E-state index is 12.8. The van der Waals surface area contributed by atoms with E-state index in [1.54, 1.807) is 0 Å². The Labute approximate surface area is 406 Å². The molecule has 1 atom stereocenters. The van der Waals surface area contributed by atoms with Crippen LogP contribution in [0.4, 0.5) is 0 Å². The highest BCUT2D eigenvalue weighted by Gasteiger charge is 2.19. The lowest BCUT2D eigenvalue weighted by atomic mass is 10.0. The molecular weight excluding hydrogens is 817 g/mol. The van der Waals surface area contributed by atoms with E-state index in [1.165, 1.54) is 57.8 Å². The molecule has 0 saturated carbocycles. The van der Waals surface area contributed by atoms with Gasteiger partial charge in [0.05, 0.1) is 0 Å². The van der Waals surface area contributed by atoms with E-state index in [4.69, 9.17) is 14.2 Å². The smallest absolute Gasteiger partial charge is 0.306 e. The molecule has 0 heterocycles. The fourth-order valence-corrected chi connectivity index (χ4v) is 7.05. The number of carbonyl (C=O) groups is 3. The summed E-state index contributed by atoms with van der Waals surface area (Å²) < 4.78 is 16.8. The average Bonchev–Trinajstić information content (AvgIpc) is 3.31. The maximum Gasteiger partial charge on any atom is 0.306 e. The molecule has 0 aliphatic rings. The lowest BCUT2D eigenvalue weighted by Crippen LogP contribution is -2.30. The molecule has 0 fully saturated rings. The van der Waals surface area contributed by atoms with Gasteiger partial charge in [-0.05, 0) is 103 Å². The Morgan fingerprint density at radius 2 is 0.591 bits per heavy atom. The Kier molecular flexibility index (Phi) is 50.5. The third-order valence-corrected chi connectivity index (χ3v) is 11.0. The molecule has 0 aromatic rings. The molecule has 0 spiro atoms. The van der Waals surface area contributed by atoms with Gasteiger partial charge in [-0.15, -0.1) is 0 Å². The highest BCUT2D eigenvalue weighted by atomic mass is 16.6. The zero-order valence-electron chi connectivity index (χ0n) is 42.7. The second kappa shape index (κ2) is 53.7. The Morgan fingerprint density at radius 3 is 0.939 bits per heavy atom. The van der Waals surface area contributed by atoms with Crippen molar-refractivity contribution in [2.24, 2.45) is 0 Å². The van der Waals surface area contributed by atoms with E-state index in [0.717, 1.165) is 135 Å². The SMILES string of the molecule is CC/C=C\C/C=C\C/C=C\C/C=C\C/C=C\CCCCCC(=O)OCC(COC(=O)CCCCCCCCCCCCCC)OC(=O)CCCCCC/C=C\C/C=C\C/C=C\C/C=C\CC. The summed E-state index contributed by atoms with van der Waals surface area (Å²) in [4.78, 5) is 38.0. The molecule has 6 nitrogen and oxygen atoms in total. The molecule has 0 aromatic carbocycles. The van der Waals surface area contributed by atoms with Gasteiger partial charge >= 0.3 is 17.9 Å². The zero-order valence-corrected chi connectivity index (χ0v) is 42.7. The molecule has 0 amide bonds. The molecule has 6 heteroatoms. The molecular formula is C60H98O6. The zero-order chi connectivity index (χ0) is 47.9. The minimum atomic E-state index is -0.805. The van der Waals surface area contributed by atoms with Crippen molar-refractivity contribution in [3.63, 3.8) is 0 Å². The predicted octanol–water partition coefficient (Wildman–Crippen LogP) is 17.9. The van der Waals surface area contributed by atoms with E-state index in [2.05, 4.69) is 130 Å². The van der Waals surface area contributed by atoms with Crippen LogP contribution in [0.15, 0.2) is 109 Å². The van der Waals surface area contributed by atoms with Crippen molar-refractivity contribution in [1.82, 2.24) is 0 Å². The van der Waals surface area contributed by atoms with E-state index in [1.807, 2.05) is 0 Å². The molecule has 1 unspecified atom stereocenters. The van der Waals surface area contributed by atoms with Crippen LogP contribution in [-0.4, -0.2) is 37.2 Å². The number of unbranched alkanes of at least 4 members (excludes halogenated alkanes) is 18. The Balaban J connectivity index is 4.49. The van der Waals surface area contributed by atoms with Crippen LogP contribution in [0.2, 0.25) is 0 Å². The first-order chi connectivity index (χ1) is 32.5. The largest absolute Gasteiger partial charge is 0.462 e. The molecule has 0 aliphatic carbocycles. The predicted molar refractivity (Wildman–Crippen MR) is 283 cm³/mol. The maximum atomic E-state index is 12.8. The molecule has 0 N–H and O–H groups in total. The number of rotatable bonds is 47. The number of carbonyl (C=O) groups excluding carboxylic acids is 3. The summed E-state index contributed by atoms with van der Waals surface area (Å²) >= 11 is 0. The van der Waals surface area contributed by atoms with Crippen molar-refractivity contribution >= 4 is 17.9 Å². The second-order valence-electron chi connectivity index (χ2n) is 17.4. The van der Waals surface area contributed by atoms with Crippen molar-refractivity contribution < 1.29 is 28.6 Å². The highest BCUT2D eigenvalue weighted by molar-refractivity contribution is 5.71. The number of ether oxygens (including phenoxy) is 3. The number of esters is 3. The summed E-state index contributed by atoms with van der Waals surface area (Å²) in [5.41, 5.74) is 0. The quantitative estimate of drug-likeness (QED) is 0.0262. The van der Waals surface area contributed by atoms with Crippen LogP contribution in [0, 0.1) is 0 Å². The number of hydrogen-bond acceptors (Lipinski definition) is 6. The van der Waals surface area contributed by atoms with Gasteiger partial charge in [-0.2, -0.15) is 0 Å². The van der Waals surface area contributed by atoms with Gasteiger partial charge in [0.25, 0.3) is 0 Å². The lowest BCUT2D eigenvalue weighted by molar-refractivity contribution is -0.167. The molecule has 374 valence electrons. The molecule has 0 rings (SSSR count). The number of allylic oxidation sites excluding steroid dienone is 18. The first kappa shape index (κ1) is 62.1.